The summed E-state index contributed by atoms with van der Waals surface area (Å²) < 4.78 is 0. The molecule has 80 valence electrons. The van der Waals surface area contributed by atoms with E-state index in [4.69, 9.17) is 0 Å². The Hall–Kier alpha value is -0.0400. The van der Waals surface area contributed by atoms with Crippen LogP contribution in [0.1, 0.15) is 59.8 Å². The van der Waals surface area contributed by atoms with Crippen LogP contribution in [0.3, 0.4) is 0 Å². The topological polar surface area (TPSA) is 12.0 Å². The quantitative estimate of drug-likeness (QED) is 0.609. The summed E-state index contributed by atoms with van der Waals surface area (Å²) in [5.74, 6) is 0.913. The molecule has 0 bridgehead atoms. The minimum atomic E-state index is 0.708. The Kier molecular flexibility index (Phi) is 8.53. The average Bonchev–Trinajstić information content (AvgIpc) is 2.12. The molecular formula is C12H27N. The lowest BCUT2D eigenvalue weighted by atomic mass is 9.98. The molecule has 0 aliphatic rings. The SMILES string of the molecule is CCCNC(C)CCC(C)CCC. The first-order valence-electron chi connectivity index (χ1n) is 5.94. The maximum absolute atomic E-state index is 3.53. The molecule has 0 radical (unpaired) electrons. The van der Waals surface area contributed by atoms with Gasteiger partial charge in [0, 0.05) is 6.04 Å². The van der Waals surface area contributed by atoms with Gasteiger partial charge in [-0.05, 0) is 38.6 Å². The van der Waals surface area contributed by atoms with E-state index in [0.717, 1.165) is 5.92 Å². The van der Waals surface area contributed by atoms with Crippen molar-refractivity contribution < 1.29 is 0 Å². The standard InChI is InChI=1S/C12H27N/c1-5-7-11(3)8-9-12(4)13-10-6-2/h11-13H,5-10H2,1-4H3. The number of nitrogens with one attached hydrogen (secondary N) is 1. The van der Waals surface area contributed by atoms with Gasteiger partial charge in [0.1, 0.15) is 0 Å². The second-order valence-corrected chi connectivity index (χ2v) is 4.33. The summed E-state index contributed by atoms with van der Waals surface area (Å²) in [4.78, 5) is 0. The van der Waals surface area contributed by atoms with Crippen LogP contribution < -0.4 is 5.32 Å². The van der Waals surface area contributed by atoms with Crippen molar-refractivity contribution in [3.05, 3.63) is 0 Å². The molecule has 0 aromatic heterocycles. The predicted octanol–water partition coefficient (Wildman–Crippen LogP) is 3.59. The summed E-state index contributed by atoms with van der Waals surface area (Å²) >= 11 is 0. The molecule has 0 aromatic rings. The summed E-state index contributed by atoms with van der Waals surface area (Å²) in [6.45, 7) is 10.3. The fourth-order valence-corrected chi connectivity index (χ4v) is 1.66. The number of hydrogen-bond donors (Lipinski definition) is 1. The molecule has 0 spiro atoms. The van der Waals surface area contributed by atoms with Crippen molar-refractivity contribution >= 4 is 0 Å². The van der Waals surface area contributed by atoms with Crippen molar-refractivity contribution in [3.8, 4) is 0 Å². The Labute approximate surface area is 84.3 Å². The summed E-state index contributed by atoms with van der Waals surface area (Å²) in [5.41, 5.74) is 0. The lowest BCUT2D eigenvalue weighted by Crippen LogP contribution is -2.26. The van der Waals surface area contributed by atoms with Crippen molar-refractivity contribution in [3.63, 3.8) is 0 Å². The number of hydrogen-bond acceptors (Lipinski definition) is 1. The van der Waals surface area contributed by atoms with E-state index in [1.807, 2.05) is 0 Å². The molecular weight excluding hydrogens is 158 g/mol. The largest absolute Gasteiger partial charge is 0.314 e. The Balaban J connectivity index is 3.29. The summed E-state index contributed by atoms with van der Waals surface area (Å²) in [6.07, 6.45) is 6.68. The summed E-state index contributed by atoms with van der Waals surface area (Å²) in [6, 6.07) is 0.708. The van der Waals surface area contributed by atoms with E-state index in [1.54, 1.807) is 0 Å². The van der Waals surface area contributed by atoms with Gasteiger partial charge in [-0.15, -0.1) is 0 Å². The Morgan fingerprint density at radius 2 is 1.62 bits per heavy atom. The average molecular weight is 185 g/mol. The van der Waals surface area contributed by atoms with E-state index < -0.39 is 0 Å². The third kappa shape index (κ3) is 8.29. The molecule has 0 saturated carbocycles. The maximum Gasteiger partial charge on any atom is 0.00388 e. The van der Waals surface area contributed by atoms with Crippen molar-refractivity contribution in [2.24, 2.45) is 5.92 Å². The first-order chi connectivity index (χ1) is 6.20. The molecule has 0 aromatic carbocycles. The molecule has 0 heterocycles. The molecule has 1 heteroatoms. The van der Waals surface area contributed by atoms with Crippen molar-refractivity contribution in [2.45, 2.75) is 65.8 Å². The smallest absolute Gasteiger partial charge is 0.00388 e. The molecule has 13 heavy (non-hydrogen) atoms. The second-order valence-electron chi connectivity index (χ2n) is 4.33. The highest BCUT2D eigenvalue weighted by Crippen LogP contribution is 2.13. The summed E-state index contributed by atoms with van der Waals surface area (Å²) in [5, 5.41) is 3.53. The van der Waals surface area contributed by atoms with E-state index in [2.05, 4.69) is 33.0 Å². The fourth-order valence-electron chi connectivity index (χ4n) is 1.66. The van der Waals surface area contributed by atoms with Crippen LogP contribution in [0.15, 0.2) is 0 Å². The monoisotopic (exact) mass is 185 g/mol. The van der Waals surface area contributed by atoms with E-state index in [1.165, 1.54) is 38.6 Å². The van der Waals surface area contributed by atoms with Crippen LogP contribution in [0.2, 0.25) is 0 Å². The molecule has 0 rings (SSSR count). The first-order valence-corrected chi connectivity index (χ1v) is 5.94. The highest BCUT2D eigenvalue weighted by atomic mass is 14.9. The highest BCUT2D eigenvalue weighted by molar-refractivity contribution is 4.62. The fraction of sp³-hybridized carbons (Fsp3) is 1.00. The van der Waals surface area contributed by atoms with Crippen LogP contribution in [0.25, 0.3) is 0 Å². The molecule has 0 fully saturated rings. The zero-order chi connectivity index (χ0) is 10.1. The van der Waals surface area contributed by atoms with Crippen LogP contribution in [0.5, 0.6) is 0 Å². The van der Waals surface area contributed by atoms with Gasteiger partial charge in [0.2, 0.25) is 0 Å². The van der Waals surface area contributed by atoms with Gasteiger partial charge >= 0.3 is 0 Å². The van der Waals surface area contributed by atoms with Gasteiger partial charge < -0.3 is 5.32 Å². The first kappa shape index (κ1) is 13.0. The molecule has 2 unspecified atom stereocenters. The van der Waals surface area contributed by atoms with Crippen molar-refractivity contribution in [1.29, 1.82) is 0 Å². The van der Waals surface area contributed by atoms with Gasteiger partial charge in [-0.25, -0.2) is 0 Å². The van der Waals surface area contributed by atoms with Crippen LogP contribution in [-0.4, -0.2) is 12.6 Å². The zero-order valence-electron chi connectivity index (χ0n) is 9.90. The summed E-state index contributed by atoms with van der Waals surface area (Å²) in [7, 11) is 0. The van der Waals surface area contributed by atoms with E-state index in [0.29, 0.717) is 6.04 Å². The predicted molar refractivity (Wildman–Crippen MR) is 61.1 cm³/mol. The van der Waals surface area contributed by atoms with Crippen LogP contribution in [-0.2, 0) is 0 Å². The molecule has 1 nitrogen and oxygen atoms in total. The van der Waals surface area contributed by atoms with Crippen LogP contribution in [0, 0.1) is 5.92 Å². The van der Waals surface area contributed by atoms with Crippen LogP contribution >= 0.6 is 0 Å². The van der Waals surface area contributed by atoms with E-state index in [9.17, 15) is 0 Å². The number of rotatable bonds is 8. The van der Waals surface area contributed by atoms with Crippen LogP contribution in [0.4, 0.5) is 0 Å². The Morgan fingerprint density at radius 3 is 2.15 bits per heavy atom. The minimum Gasteiger partial charge on any atom is -0.314 e. The highest BCUT2D eigenvalue weighted by Gasteiger charge is 2.04. The minimum absolute atomic E-state index is 0.708. The molecule has 0 saturated heterocycles. The van der Waals surface area contributed by atoms with Crippen molar-refractivity contribution in [1.82, 2.24) is 5.32 Å². The van der Waals surface area contributed by atoms with Gasteiger partial charge in [-0.3, -0.25) is 0 Å². The van der Waals surface area contributed by atoms with Gasteiger partial charge in [0.25, 0.3) is 0 Å². The molecule has 0 aliphatic heterocycles. The van der Waals surface area contributed by atoms with E-state index in [-0.39, 0.29) is 0 Å². The molecule has 0 amide bonds. The van der Waals surface area contributed by atoms with Gasteiger partial charge in [0.05, 0.1) is 0 Å². The normalized spacial score (nSPS) is 15.7. The van der Waals surface area contributed by atoms with Gasteiger partial charge in [0.15, 0.2) is 0 Å². The Morgan fingerprint density at radius 1 is 0.923 bits per heavy atom. The maximum atomic E-state index is 3.53. The van der Waals surface area contributed by atoms with Gasteiger partial charge in [-0.1, -0.05) is 33.6 Å². The third-order valence-electron chi connectivity index (χ3n) is 2.62. The molecule has 0 aliphatic carbocycles. The lowest BCUT2D eigenvalue weighted by molar-refractivity contribution is 0.415. The lowest BCUT2D eigenvalue weighted by Gasteiger charge is -2.15. The third-order valence-corrected chi connectivity index (χ3v) is 2.62. The molecule has 2 atom stereocenters. The zero-order valence-corrected chi connectivity index (χ0v) is 9.90. The second kappa shape index (κ2) is 8.55. The van der Waals surface area contributed by atoms with E-state index >= 15 is 0 Å². The van der Waals surface area contributed by atoms with Gasteiger partial charge in [-0.2, -0.15) is 0 Å². The van der Waals surface area contributed by atoms with Crippen molar-refractivity contribution in [2.75, 3.05) is 6.54 Å². The molecule has 1 N–H and O–H groups in total. The Bertz CT molecular complexity index is 101.